The second-order valence-corrected chi connectivity index (χ2v) is 4.94. The molecule has 1 aromatic heterocycles. The topological polar surface area (TPSA) is 47.8 Å². The second-order valence-electron chi connectivity index (χ2n) is 4.94. The summed E-state index contributed by atoms with van der Waals surface area (Å²) >= 11 is 0. The molecule has 21 heavy (non-hydrogen) atoms. The number of hydrogen-bond donors (Lipinski definition) is 0. The van der Waals surface area contributed by atoms with Gasteiger partial charge in [0.2, 0.25) is 5.78 Å². The predicted molar refractivity (Wildman–Crippen MR) is 80.7 cm³/mol. The van der Waals surface area contributed by atoms with Crippen LogP contribution in [0.15, 0.2) is 54.7 Å². The Bertz CT molecular complexity index is 791. The number of nitrogens with zero attached hydrogens (tertiary/aromatic N) is 3. The van der Waals surface area contributed by atoms with E-state index in [-0.39, 0.29) is 5.78 Å². The van der Waals surface area contributed by atoms with Crippen molar-refractivity contribution in [2.24, 2.45) is 0 Å². The third-order valence-electron chi connectivity index (χ3n) is 3.63. The lowest BCUT2D eigenvalue weighted by molar-refractivity contribution is 0.103. The number of para-hydroxylation sites is 1. The van der Waals surface area contributed by atoms with E-state index in [1.165, 1.54) is 6.20 Å². The smallest absolute Gasteiger partial charge is 0.213 e. The third-order valence-corrected chi connectivity index (χ3v) is 3.63. The van der Waals surface area contributed by atoms with Crippen LogP contribution in [0.1, 0.15) is 27.2 Å². The molecule has 4 nitrogen and oxygen atoms in total. The first-order valence-electron chi connectivity index (χ1n) is 6.75. The summed E-state index contributed by atoms with van der Waals surface area (Å²) in [6.07, 6.45) is 1.51. The van der Waals surface area contributed by atoms with Crippen molar-refractivity contribution in [2.45, 2.75) is 13.8 Å². The molecule has 0 amide bonds. The highest BCUT2D eigenvalue weighted by atomic mass is 16.1. The van der Waals surface area contributed by atoms with Crippen LogP contribution in [-0.2, 0) is 0 Å². The number of hydrogen-bond acceptors (Lipinski definition) is 3. The fraction of sp³-hybridized carbons (Fsp3) is 0.118. The highest BCUT2D eigenvalue weighted by Gasteiger charge is 2.18. The summed E-state index contributed by atoms with van der Waals surface area (Å²) in [5, 5.41) is 7.92. The van der Waals surface area contributed by atoms with Crippen molar-refractivity contribution in [3.8, 4) is 5.69 Å². The average molecular weight is 277 g/mol. The molecule has 1 heterocycles. The summed E-state index contributed by atoms with van der Waals surface area (Å²) in [5.41, 5.74) is 4.07. The molecule has 0 atom stereocenters. The van der Waals surface area contributed by atoms with E-state index in [9.17, 15) is 4.79 Å². The molecule has 0 spiro atoms. The zero-order valence-corrected chi connectivity index (χ0v) is 11.9. The quantitative estimate of drug-likeness (QED) is 0.691. The highest BCUT2D eigenvalue weighted by molar-refractivity contribution is 6.09. The number of carbonyl (C=O) groups excluding carboxylic acids is 1. The largest absolute Gasteiger partial charge is 0.287 e. The summed E-state index contributed by atoms with van der Waals surface area (Å²) in [7, 11) is 0. The van der Waals surface area contributed by atoms with E-state index in [2.05, 4.69) is 10.3 Å². The number of ketones is 1. The van der Waals surface area contributed by atoms with Gasteiger partial charge in [0.1, 0.15) is 5.69 Å². The van der Waals surface area contributed by atoms with E-state index >= 15 is 0 Å². The van der Waals surface area contributed by atoms with Gasteiger partial charge in [0.15, 0.2) is 0 Å². The van der Waals surface area contributed by atoms with Gasteiger partial charge in [0.05, 0.1) is 11.9 Å². The summed E-state index contributed by atoms with van der Waals surface area (Å²) in [5.74, 6) is -0.0648. The van der Waals surface area contributed by atoms with Gasteiger partial charge < -0.3 is 0 Å². The molecule has 3 rings (SSSR count). The minimum atomic E-state index is -0.0648. The first-order chi connectivity index (χ1) is 10.2. The molecular formula is C17H15N3O. The van der Waals surface area contributed by atoms with Gasteiger partial charge in [-0.2, -0.15) is 0 Å². The highest BCUT2D eigenvalue weighted by Crippen LogP contribution is 2.18. The first kappa shape index (κ1) is 13.2. The minimum Gasteiger partial charge on any atom is -0.287 e. The van der Waals surface area contributed by atoms with Gasteiger partial charge in [0.25, 0.3) is 0 Å². The van der Waals surface area contributed by atoms with Crippen LogP contribution in [0.3, 0.4) is 0 Å². The number of carbonyl (C=O) groups is 1. The molecule has 0 bridgehead atoms. The van der Waals surface area contributed by atoms with Crippen LogP contribution >= 0.6 is 0 Å². The van der Waals surface area contributed by atoms with Gasteiger partial charge in [-0.1, -0.05) is 41.6 Å². The molecule has 0 N–H and O–H groups in total. The summed E-state index contributed by atoms with van der Waals surface area (Å²) in [6.45, 7) is 3.96. The molecule has 0 fully saturated rings. The minimum absolute atomic E-state index is 0.0648. The van der Waals surface area contributed by atoms with Gasteiger partial charge in [-0.3, -0.25) is 4.79 Å². The molecular weight excluding hydrogens is 262 g/mol. The number of rotatable bonds is 3. The van der Waals surface area contributed by atoms with Crippen LogP contribution in [0, 0.1) is 13.8 Å². The van der Waals surface area contributed by atoms with Gasteiger partial charge in [-0.25, -0.2) is 4.68 Å². The molecule has 0 unspecified atom stereocenters. The lowest BCUT2D eigenvalue weighted by Crippen LogP contribution is -2.11. The Morgan fingerprint density at radius 1 is 1.00 bits per heavy atom. The maximum Gasteiger partial charge on any atom is 0.213 e. The number of benzene rings is 2. The van der Waals surface area contributed by atoms with Crippen molar-refractivity contribution in [3.05, 3.63) is 77.1 Å². The lowest BCUT2D eigenvalue weighted by atomic mass is 9.99. The van der Waals surface area contributed by atoms with Crippen LogP contribution in [0.25, 0.3) is 5.69 Å². The zero-order chi connectivity index (χ0) is 14.8. The van der Waals surface area contributed by atoms with Gasteiger partial charge in [-0.05, 0) is 37.1 Å². The Balaban J connectivity index is 2.08. The second kappa shape index (κ2) is 5.32. The van der Waals surface area contributed by atoms with Crippen LogP contribution in [0.5, 0.6) is 0 Å². The molecule has 3 aromatic rings. The predicted octanol–water partition coefficient (Wildman–Crippen LogP) is 3.12. The van der Waals surface area contributed by atoms with Crippen LogP contribution in [-0.4, -0.2) is 20.8 Å². The maximum absolute atomic E-state index is 12.8. The number of aryl methyl sites for hydroxylation is 1. The monoisotopic (exact) mass is 277 g/mol. The molecule has 2 aromatic carbocycles. The molecule has 0 aliphatic rings. The van der Waals surface area contributed by atoms with E-state index in [1.54, 1.807) is 4.68 Å². The molecule has 4 heteroatoms. The Labute approximate surface area is 123 Å². The van der Waals surface area contributed by atoms with Crippen molar-refractivity contribution in [2.75, 3.05) is 0 Å². The molecule has 0 aliphatic heterocycles. The molecule has 0 radical (unpaired) electrons. The van der Waals surface area contributed by atoms with E-state index in [0.717, 1.165) is 16.8 Å². The first-order valence-corrected chi connectivity index (χ1v) is 6.75. The molecule has 0 saturated heterocycles. The summed E-state index contributed by atoms with van der Waals surface area (Å²) in [4.78, 5) is 12.8. The van der Waals surface area contributed by atoms with Crippen molar-refractivity contribution in [1.82, 2.24) is 15.0 Å². The van der Waals surface area contributed by atoms with Gasteiger partial charge in [-0.15, -0.1) is 5.10 Å². The Morgan fingerprint density at radius 2 is 1.76 bits per heavy atom. The van der Waals surface area contributed by atoms with E-state index < -0.39 is 0 Å². The Hall–Kier alpha value is -2.75. The zero-order valence-electron chi connectivity index (χ0n) is 11.9. The maximum atomic E-state index is 12.8. The average Bonchev–Trinajstić information content (AvgIpc) is 3.00. The van der Waals surface area contributed by atoms with Crippen LogP contribution in [0.2, 0.25) is 0 Å². The standard InChI is InChI=1S/C17H15N3O/c1-12-7-6-10-15(13(12)2)17(21)16-11-18-19-20(16)14-8-4-3-5-9-14/h3-11H,1-2H3. The van der Waals surface area contributed by atoms with Crippen LogP contribution < -0.4 is 0 Å². The molecule has 0 aliphatic carbocycles. The fourth-order valence-corrected chi connectivity index (χ4v) is 2.28. The normalized spacial score (nSPS) is 10.6. The van der Waals surface area contributed by atoms with Gasteiger partial charge >= 0.3 is 0 Å². The fourth-order valence-electron chi connectivity index (χ4n) is 2.28. The Kier molecular flexibility index (Phi) is 3.36. The third kappa shape index (κ3) is 2.36. The van der Waals surface area contributed by atoms with Crippen molar-refractivity contribution in [1.29, 1.82) is 0 Å². The van der Waals surface area contributed by atoms with Gasteiger partial charge in [0, 0.05) is 5.56 Å². The van der Waals surface area contributed by atoms with Crippen molar-refractivity contribution < 1.29 is 4.79 Å². The SMILES string of the molecule is Cc1cccc(C(=O)c2cnnn2-c2ccccc2)c1C. The van der Waals surface area contributed by atoms with Crippen molar-refractivity contribution >= 4 is 5.78 Å². The molecule has 104 valence electrons. The van der Waals surface area contributed by atoms with E-state index in [4.69, 9.17) is 0 Å². The summed E-state index contributed by atoms with van der Waals surface area (Å²) < 4.78 is 1.57. The summed E-state index contributed by atoms with van der Waals surface area (Å²) in [6, 6.07) is 15.3. The Morgan fingerprint density at radius 3 is 2.52 bits per heavy atom. The molecule has 0 saturated carbocycles. The lowest BCUT2D eigenvalue weighted by Gasteiger charge is -2.09. The number of aromatic nitrogens is 3. The van der Waals surface area contributed by atoms with E-state index in [0.29, 0.717) is 11.3 Å². The van der Waals surface area contributed by atoms with Crippen LogP contribution in [0.4, 0.5) is 0 Å². The van der Waals surface area contributed by atoms with Crippen molar-refractivity contribution in [3.63, 3.8) is 0 Å². The van der Waals surface area contributed by atoms with E-state index in [1.807, 2.05) is 62.4 Å².